The summed E-state index contributed by atoms with van der Waals surface area (Å²) in [5, 5.41) is 7.26. The van der Waals surface area contributed by atoms with E-state index in [1.165, 1.54) is 31.2 Å². The van der Waals surface area contributed by atoms with Crippen molar-refractivity contribution in [3.05, 3.63) is 29.8 Å². The number of methoxy groups -OCH3 is 1. The van der Waals surface area contributed by atoms with Gasteiger partial charge in [-0.25, -0.2) is 0 Å². The number of hydrogen-bond acceptors (Lipinski definition) is 3. The molecule has 5 heteroatoms. The predicted octanol–water partition coefficient (Wildman–Crippen LogP) is 3.49. The van der Waals surface area contributed by atoms with E-state index >= 15 is 0 Å². The molecule has 0 radical (unpaired) electrons. The number of benzene rings is 1. The minimum Gasteiger partial charge on any atom is -0.497 e. The lowest BCUT2D eigenvalue weighted by Gasteiger charge is -2.38. The molecule has 1 saturated carbocycles. The maximum absolute atomic E-state index is 5.66. The molecule has 1 aliphatic heterocycles. The van der Waals surface area contributed by atoms with Crippen molar-refractivity contribution in [2.75, 3.05) is 33.9 Å². The minimum absolute atomic E-state index is 0.0726. The largest absolute Gasteiger partial charge is 0.497 e. The molecule has 27 heavy (non-hydrogen) atoms. The molecule has 0 bridgehead atoms. The molecular weight excluding hydrogens is 338 g/mol. The summed E-state index contributed by atoms with van der Waals surface area (Å²) in [4.78, 5) is 4.48. The summed E-state index contributed by atoms with van der Waals surface area (Å²) in [5.41, 5.74) is 1.42. The summed E-state index contributed by atoms with van der Waals surface area (Å²) < 4.78 is 11.0. The van der Waals surface area contributed by atoms with Crippen LogP contribution in [0.25, 0.3) is 0 Å². The first-order chi connectivity index (χ1) is 13.1. The zero-order valence-electron chi connectivity index (χ0n) is 17.1. The van der Waals surface area contributed by atoms with Crippen molar-refractivity contribution in [2.45, 2.75) is 56.9 Å². The van der Waals surface area contributed by atoms with Crippen LogP contribution in [0.5, 0.6) is 5.75 Å². The first kappa shape index (κ1) is 20.0. The van der Waals surface area contributed by atoms with Crippen molar-refractivity contribution in [3.63, 3.8) is 0 Å². The van der Waals surface area contributed by atoms with Crippen LogP contribution in [0.2, 0.25) is 0 Å². The highest BCUT2D eigenvalue weighted by Crippen LogP contribution is 2.35. The normalized spacial score (nSPS) is 25.7. The molecule has 0 amide bonds. The molecule has 0 unspecified atom stereocenters. The van der Waals surface area contributed by atoms with Crippen LogP contribution in [0.4, 0.5) is 0 Å². The molecule has 5 nitrogen and oxygen atoms in total. The summed E-state index contributed by atoms with van der Waals surface area (Å²) in [6.45, 7) is 4.83. The van der Waals surface area contributed by atoms with Crippen LogP contribution >= 0.6 is 0 Å². The Balaban J connectivity index is 1.64. The summed E-state index contributed by atoms with van der Waals surface area (Å²) in [6.07, 6.45) is 7.12. The molecule has 0 atom stereocenters. The van der Waals surface area contributed by atoms with Crippen molar-refractivity contribution >= 4 is 5.96 Å². The smallest absolute Gasteiger partial charge is 0.191 e. The molecule has 1 aromatic rings. The molecule has 1 aromatic carbocycles. The van der Waals surface area contributed by atoms with E-state index in [4.69, 9.17) is 9.47 Å². The Hall–Kier alpha value is -1.75. The number of rotatable bonds is 5. The SMILES string of the molecule is CN=C(NCC1(c2ccc(OC)cc2)CCOCC1)NC1CCC(C)CC1. The number of nitrogens with zero attached hydrogens (tertiary/aromatic N) is 1. The molecule has 2 aliphatic rings. The molecule has 2 N–H and O–H groups in total. The van der Waals surface area contributed by atoms with Gasteiger partial charge in [-0.3, -0.25) is 4.99 Å². The Morgan fingerprint density at radius 3 is 2.41 bits per heavy atom. The van der Waals surface area contributed by atoms with Crippen LogP contribution in [0.1, 0.15) is 51.0 Å². The highest BCUT2D eigenvalue weighted by molar-refractivity contribution is 5.80. The van der Waals surface area contributed by atoms with Gasteiger partial charge < -0.3 is 20.1 Å². The molecule has 0 spiro atoms. The fourth-order valence-corrected chi connectivity index (χ4v) is 4.32. The van der Waals surface area contributed by atoms with Crippen molar-refractivity contribution in [3.8, 4) is 5.75 Å². The first-order valence-electron chi connectivity index (χ1n) is 10.3. The van der Waals surface area contributed by atoms with Gasteiger partial charge in [0.25, 0.3) is 0 Å². The van der Waals surface area contributed by atoms with Crippen LogP contribution < -0.4 is 15.4 Å². The van der Waals surface area contributed by atoms with Gasteiger partial charge in [0, 0.05) is 38.3 Å². The van der Waals surface area contributed by atoms with Gasteiger partial charge in [-0.2, -0.15) is 0 Å². The lowest BCUT2D eigenvalue weighted by atomic mass is 9.74. The quantitative estimate of drug-likeness (QED) is 0.613. The molecule has 1 heterocycles. The van der Waals surface area contributed by atoms with E-state index < -0.39 is 0 Å². The van der Waals surface area contributed by atoms with E-state index in [9.17, 15) is 0 Å². The topological polar surface area (TPSA) is 54.9 Å². The van der Waals surface area contributed by atoms with Crippen molar-refractivity contribution in [2.24, 2.45) is 10.9 Å². The van der Waals surface area contributed by atoms with Gasteiger partial charge in [-0.05, 0) is 62.1 Å². The average Bonchev–Trinajstić information content (AvgIpc) is 2.73. The fourth-order valence-electron chi connectivity index (χ4n) is 4.32. The third kappa shape index (κ3) is 5.16. The second-order valence-corrected chi connectivity index (χ2v) is 8.15. The Morgan fingerprint density at radius 1 is 1.15 bits per heavy atom. The van der Waals surface area contributed by atoms with E-state index in [0.717, 1.165) is 50.2 Å². The second kappa shape index (κ2) is 9.45. The van der Waals surface area contributed by atoms with E-state index in [0.29, 0.717) is 6.04 Å². The zero-order valence-corrected chi connectivity index (χ0v) is 17.1. The Kier molecular flexibility index (Phi) is 7.00. The van der Waals surface area contributed by atoms with Gasteiger partial charge in [-0.1, -0.05) is 19.1 Å². The maximum atomic E-state index is 5.66. The summed E-state index contributed by atoms with van der Waals surface area (Å²) in [5.74, 6) is 2.69. The van der Waals surface area contributed by atoms with Gasteiger partial charge >= 0.3 is 0 Å². The summed E-state index contributed by atoms with van der Waals surface area (Å²) in [7, 11) is 3.58. The fraction of sp³-hybridized carbons (Fsp3) is 0.682. The maximum Gasteiger partial charge on any atom is 0.191 e. The Bertz CT molecular complexity index is 600. The minimum atomic E-state index is 0.0726. The number of hydrogen-bond donors (Lipinski definition) is 2. The number of ether oxygens (including phenoxy) is 2. The second-order valence-electron chi connectivity index (χ2n) is 8.15. The lowest BCUT2D eigenvalue weighted by Crippen LogP contribution is -2.50. The average molecular weight is 374 g/mol. The van der Waals surface area contributed by atoms with Gasteiger partial charge in [0.2, 0.25) is 0 Å². The third-order valence-corrected chi connectivity index (χ3v) is 6.33. The van der Waals surface area contributed by atoms with Crippen LogP contribution in [0.15, 0.2) is 29.3 Å². The number of aliphatic imine (C=N–C) groups is 1. The molecule has 2 fully saturated rings. The Morgan fingerprint density at radius 2 is 1.81 bits per heavy atom. The van der Waals surface area contributed by atoms with Crippen LogP contribution in [0.3, 0.4) is 0 Å². The van der Waals surface area contributed by atoms with E-state index in [1.54, 1.807) is 7.11 Å². The highest BCUT2D eigenvalue weighted by atomic mass is 16.5. The standard InChI is InChI=1S/C22H35N3O2/c1-17-4-8-19(9-5-17)25-21(23-2)24-16-22(12-14-27-15-13-22)18-6-10-20(26-3)11-7-18/h6-7,10-11,17,19H,4-5,8-9,12-16H2,1-3H3,(H2,23,24,25). The highest BCUT2D eigenvalue weighted by Gasteiger charge is 2.35. The summed E-state index contributed by atoms with van der Waals surface area (Å²) in [6, 6.07) is 9.06. The van der Waals surface area contributed by atoms with Crippen LogP contribution in [-0.4, -0.2) is 45.9 Å². The lowest BCUT2D eigenvalue weighted by molar-refractivity contribution is 0.0513. The summed E-state index contributed by atoms with van der Waals surface area (Å²) >= 11 is 0. The molecule has 3 rings (SSSR count). The van der Waals surface area contributed by atoms with Gasteiger partial charge in [0.15, 0.2) is 5.96 Å². The Labute approximate surface area is 163 Å². The molecule has 1 saturated heterocycles. The third-order valence-electron chi connectivity index (χ3n) is 6.33. The predicted molar refractivity (Wildman–Crippen MR) is 111 cm³/mol. The molecular formula is C22H35N3O2. The van der Waals surface area contributed by atoms with Gasteiger partial charge in [-0.15, -0.1) is 0 Å². The van der Waals surface area contributed by atoms with Gasteiger partial charge in [0.05, 0.1) is 7.11 Å². The number of nitrogens with one attached hydrogen (secondary N) is 2. The van der Waals surface area contributed by atoms with Crippen LogP contribution in [-0.2, 0) is 10.2 Å². The molecule has 0 aromatic heterocycles. The monoisotopic (exact) mass is 373 g/mol. The van der Waals surface area contributed by atoms with Crippen LogP contribution in [0, 0.1) is 5.92 Å². The number of guanidine groups is 1. The van der Waals surface area contributed by atoms with Crippen molar-refractivity contribution in [1.82, 2.24) is 10.6 Å². The van der Waals surface area contributed by atoms with E-state index in [2.05, 4.69) is 46.8 Å². The molecule has 150 valence electrons. The van der Waals surface area contributed by atoms with Crippen molar-refractivity contribution in [1.29, 1.82) is 0 Å². The van der Waals surface area contributed by atoms with E-state index in [-0.39, 0.29) is 5.41 Å². The molecule has 1 aliphatic carbocycles. The zero-order chi connectivity index (χ0) is 19.1. The van der Waals surface area contributed by atoms with E-state index in [1.807, 2.05) is 7.05 Å². The first-order valence-corrected chi connectivity index (χ1v) is 10.3. The van der Waals surface area contributed by atoms with Gasteiger partial charge in [0.1, 0.15) is 5.75 Å². The van der Waals surface area contributed by atoms with Crippen molar-refractivity contribution < 1.29 is 9.47 Å².